The highest BCUT2D eigenvalue weighted by molar-refractivity contribution is 7.90. The van der Waals surface area contributed by atoms with Gasteiger partial charge in [0, 0.05) is 12.1 Å². The van der Waals surface area contributed by atoms with Gasteiger partial charge in [0.25, 0.3) is 10.2 Å². The molecule has 78 valence electrons. The van der Waals surface area contributed by atoms with E-state index in [9.17, 15) is 21.6 Å². The second-order valence-electron chi connectivity index (χ2n) is 2.40. The van der Waals surface area contributed by atoms with E-state index in [0.717, 1.165) is 0 Å². The monoisotopic (exact) mass is 226 g/mol. The van der Waals surface area contributed by atoms with Crippen LogP contribution in [0.2, 0.25) is 0 Å². The van der Waals surface area contributed by atoms with Gasteiger partial charge in [-0.05, 0) is 0 Å². The highest BCUT2D eigenvalue weighted by Gasteiger charge is 2.12. The van der Waals surface area contributed by atoms with Gasteiger partial charge in [-0.25, -0.2) is 18.3 Å². The summed E-state index contributed by atoms with van der Waals surface area (Å²) in [5.74, 6) is -4.68. The minimum absolute atomic E-state index is 0.475. The lowest BCUT2D eigenvalue weighted by molar-refractivity contribution is 0.448. The molecule has 0 atom stereocenters. The molecule has 1 aromatic rings. The Bertz CT molecular complexity index is 437. The van der Waals surface area contributed by atoms with Crippen LogP contribution in [0.4, 0.5) is 18.9 Å². The molecule has 3 N–H and O–H groups in total. The molecule has 0 bridgehead atoms. The molecule has 0 radical (unpaired) electrons. The van der Waals surface area contributed by atoms with Gasteiger partial charge in [0.05, 0.1) is 5.69 Å². The predicted molar refractivity (Wildman–Crippen MR) is 43.0 cm³/mol. The van der Waals surface area contributed by atoms with E-state index in [1.165, 1.54) is 0 Å². The zero-order valence-corrected chi connectivity index (χ0v) is 7.41. The lowest BCUT2D eigenvalue weighted by Crippen LogP contribution is -2.22. The van der Waals surface area contributed by atoms with Crippen LogP contribution in [0.1, 0.15) is 0 Å². The van der Waals surface area contributed by atoms with Crippen LogP contribution < -0.4 is 9.86 Å². The van der Waals surface area contributed by atoms with E-state index >= 15 is 0 Å². The molecule has 0 aromatic heterocycles. The summed E-state index contributed by atoms with van der Waals surface area (Å²) >= 11 is 0. The molecule has 0 aliphatic rings. The summed E-state index contributed by atoms with van der Waals surface area (Å²) in [6.45, 7) is 0. The van der Waals surface area contributed by atoms with Crippen LogP contribution in [-0.2, 0) is 10.2 Å². The van der Waals surface area contributed by atoms with Crippen molar-refractivity contribution in [2.24, 2.45) is 5.14 Å². The molecule has 1 rings (SSSR count). The summed E-state index contributed by atoms with van der Waals surface area (Å²) in [6.07, 6.45) is 0. The molecule has 0 saturated carbocycles. The normalized spacial score (nSPS) is 11.4. The van der Waals surface area contributed by atoms with E-state index in [0.29, 0.717) is 12.1 Å². The summed E-state index contributed by atoms with van der Waals surface area (Å²) in [4.78, 5) is 0. The zero-order valence-electron chi connectivity index (χ0n) is 6.59. The molecule has 0 fully saturated rings. The van der Waals surface area contributed by atoms with Crippen LogP contribution in [0.3, 0.4) is 0 Å². The molecule has 0 amide bonds. The average Bonchev–Trinajstić information content (AvgIpc) is 1.96. The Labute approximate surface area is 77.7 Å². The van der Waals surface area contributed by atoms with E-state index in [2.05, 4.69) is 5.14 Å². The van der Waals surface area contributed by atoms with Crippen molar-refractivity contribution < 1.29 is 21.6 Å². The average molecular weight is 226 g/mol. The molecular weight excluding hydrogens is 221 g/mol. The lowest BCUT2D eigenvalue weighted by atomic mass is 10.3. The summed E-state index contributed by atoms with van der Waals surface area (Å²) in [5.41, 5.74) is -0.482. The minimum atomic E-state index is -4.13. The zero-order chi connectivity index (χ0) is 10.9. The van der Waals surface area contributed by atoms with Crippen molar-refractivity contribution >= 4 is 15.9 Å². The van der Waals surface area contributed by atoms with E-state index in [-0.39, 0.29) is 0 Å². The van der Waals surface area contributed by atoms with Crippen LogP contribution in [0, 0.1) is 17.5 Å². The maximum Gasteiger partial charge on any atom is 0.296 e. The van der Waals surface area contributed by atoms with Gasteiger partial charge in [-0.2, -0.15) is 8.42 Å². The maximum absolute atomic E-state index is 12.5. The molecule has 14 heavy (non-hydrogen) atoms. The first-order chi connectivity index (χ1) is 6.29. The van der Waals surface area contributed by atoms with E-state index in [1.54, 1.807) is 4.72 Å². The number of hydrogen-bond acceptors (Lipinski definition) is 2. The van der Waals surface area contributed by atoms with Gasteiger partial charge in [-0.1, -0.05) is 0 Å². The van der Waals surface area contributed by atoms with Gasteiger partial charge >= 0.3 is 0 Å². The number of hydrogen-bond donors (Lipinski definition) is 2. The number of nitrogens with one attached hydrogen (secondary N) is 1. The van der Waals surface area contributed by atoms with Crippen molar-refractivity contribution in [2.45, 2.75) is 0 Å². The summed E-state index contributed by atoms with van der Waals surface area (Å²) in [7, 11) is -4.13. The quantitative estimate of drug-likeness (QED) is 0.729. The third kappa shape index (κ3) is 2.60. The first-order valence-corrected chi connectivity index (χ1v) is 4.79. The van der Waals surface area contributed by atoms with Crippen LogP contribution >= 0.6 is 0 Å². The SMILES string of the molecule is NS(=O)(=O)Nc1cc(F)c(F)c(F)c1. The maximum atomic E-state index is 12.5. The first kappa shape index (κ1) is 10.8. The Morgan fingerprint density at radius 3 is 1.93 bits per heavy atom. The minimum Gasteiger partial charge on any atom is -0.271 e. The standard InChI is InChI=1S/C6H5F3N2O2S/c7-4-1-3(11-14(10,12)13)2-5(8)6(4)9/h1-2,11H,(H2,10,12,13). The number of nitrogens with two attached hydrogens (primary N) is 1. The Morgan fingerprint density at radius 2 is 1.57 bits per heavy atom. The van der Waals surface area contributed by atoms with Crippen molar-refractivity contribution in [2.75, 3.05) is 4.72 Å². The number of halogens is 3. The fraction of sp³-hybridized carbons (Fsp3) is 0. The number of anilines is 1. The molecule has 8 heteroatoms. The summed E-state index contributed by atoms with van der Waals surface area (Å²) in [6, 6.07) is 0.950. The molecule has 1 aromatic carbocycles. The Balaban J connectivity index is 3.14. The second kappa shape index (κ2) is 3.46. The van der Waals surface area contributed by atoms with E-state index in [4.69, 9.17) is 0 Å². The molecular formula is C6H5F3N2O2S. The molecule has 0 aliphatic carbocycles. The topological polar surface area (TPSA) is 72.2 Å². The lowest BCUT2D eigenvalue weighted by Gasteiger charge is -2.04. The molecule has 0 spiro atoms. The molecule has 4 nitrogen and oxygen atoms in total. The van der Waals surface area contributed by atoms with Gasteiger partial charge in [-0.15, -0.1) is 0 Å². The largest absolute Gasteiger partial charge is 0.296 e. The Kier molecular flexibility index (Phi) is 2.67. The van der Waals surface area contributed by atoms with Crippen LogP contribution in [0.15, 0.2) is 12.1 Å². The fourth-order valence-electron chi connectivity index (χ4n) is 0.779. The van der Waals surface area contributed by atoms with Gasteiger partial charge < -0.3 is 0 Å². The molecule has 0 aliphatic heterocycles. The predicted octanol–water partition coefficient (Wildman–Crippen LogP) is 0.719. The van der Waals surface area contributed by atoms with Gasteiger partial charge in [-0.3, -0.25) is 4.72 Å². The molecule has 0 unspecified atom stereocenters. The van der Waals surface area contributed by atoms with E-state index < -0.39 is 33.3 Å². The third-order valence-electron chi connectivity index (χ3n) is 1.24. The smallest absolute Gasteiger partial charge is 0.271 e. The summed E-state index contributed by atoms with van der Waals surface area (Å²) < 4.78 is 59.9. The second-order valence-corrected chi connectivity index (χ2v) is 3.70. The van der Waals surface area contributed by atoms with Crippen LogP contribution in [0.5, 0.6) is 0 Å². The number of benzene rings is 1. The number of rotatable bonds is 2. The van der Waals surface area contributed by atoms with Crippen molar-refractivity contribution in [3.05, 3.63) is 29.6 Å². The van der Waals surface area contributed by atoms with Crippen molar-refractivity contribution in [3.63, 3.8) is 0 Å². The summed E-state index contributed by atoms with van der Waals surface area (Å²) in [5, 5.41) is 4.53. The highest BCUT2D eigenvalue weighted by atomic mass is 32.2. The van der Waals surface area contributed by atoms with E-state index in [1.807, 2.05) is 0 Å². The van der Waals surface area contributed by atoms with Crippen LogP contribution in [-0.4, -0.2) is 8.42 Å². The first-order valence-electron chi connectivity index (χ1n) is 3.24. The van der Waals surface area contributed by atoms with Crippen molar-refractivity contribution in [3.8, 4) is 0 Å². The van der Waals surface area contributed by atoms with Gasteiger partial charge in [0.1, 0.15) is 0 Å². The molecule has 0 heterocycles. The van der Waals surface area contributed by atoms with Gasteiger partial charge in [0.2, 0.25) is 0 Å². The Hall–Kier alpha value is -1.28. The third-order valence-corrected chi connectivity index (χ3v) is 1.76. The molecule has 0 saturated heterocycles. The van der Waals surface area contributed by atoms with Crippen LogP contribution in [0.25, 0.3) is 0 Å². The fourth-order valence-corrected chi connectivity index (χ4v) is 1.23. The Morgan fingerprint density at radius 1 is 1.14 bits per heavy atom. The van der Waals surface area contributed by atoms with Gasteiger partial charge in [0.15, 0.2) is 17.5 Å². The van der Waals surface area contributed by atoms with Crippen molar-refractivity contribution in [1.82, 2.24) is 0 Å². The highest BCUT2D eigenvalue weighted by Crippen LogP contribution is 2.17. The van der Waals surface area contributed by atoms with Crippen molar-refractivity contribution in [1.29, 1.82) is 0 Å².